The van der Waals surface area contributed by atoms with Crippen LogP contribution in [-0.2, 0) is 0 Å². The van der Waals surface area contributed by atoms with Crippen LogP contribution in [-0.4, -0.2) is 35.8 Å². The molecule has 0 amide bonds. The number of aromatic hydroxyl groups is 1. The molecule has 1 rings (SSSR count). The van der Waals surface area contributed by atoms with Gasteiger partial charge < -0.3 is 20.3 Å². The lowest BCUT2D eigenvalue weighted by molar-refractivity contribution is -0.386. The molecule has 1 aromatic carbocycles. The molecule has 0 aliphatic heterocycles. The van der Waals surface area contributed by atoms with E-state index in [9.17, 15) is 20.3 Å². The van der Waals surface area contributed by atoms with Crippen LogP contribution in [0.5, 0.6) is 11.5 Å². The summed E-state index contributed by atoms with van der Waals surface area (Å²) >= 11 is 0. The topological polar surface area (TPSA) is 105 Å². The summed E-state index contributed by atoms with van der Waals surface area (Å²) in [5.74, 6) is -0.581. The number of likely N-dealkylation sites (N-methyl/N-ethyl adjacent to an activating group) is 1. The summed E-state index contributed by atoms with van der Waals surface area (Å²) in [5.41, 5.74) is -0.185. The van der Waals surface area contributed by atoms with Gasteiger partial charge in [0, 0.05) is 12.6 Å². The highest BCUT2D eigenvalue weighted by molar-refractivity contribution is 5.57. The van der Waals surface area contributed by atoms with Gasteiger partial charge in [0.05, 0.1) is 18.1 Å². The van der Waals surface area contributed by atoms with Crippen molar-refractivity contribution in [1.29, 1.82) is 0 Å². The lowest BCUT2D eigenvalue weighted by Crippen LogP contribution is -2.16. The Labute approximate surface area is 97.8 Å². The van der Waals surface area contributed by atoms with Crippen molar-refractivity contribution in [3.05, 3.63) is 27.8 Å². The van der Waals surface area contributed by atoms with Gasteiger partial charge in [-0.05, 0) is 18.7 Å². The van der Waals surface area contributed by atoms with E-state index >= 15 is 0 Å². The third-order valence-electron chi connectivity index (χ3n) is 2.28. The lowest BCUT2D eigenvalue weighted by Gasteiger charge is -2.12. The molecule has 0 saturated heterocycles. The molecule has 7 heteroatoms. The fourth-order valence-electron chi connectivity index (χ4n) is 1.41. The zero-order chi connectivity index (χ0) is 13.0. The van der Waals surface area contributed by atoms with Crippen LogP contribution >= 0.6 is 0 Å². The zero-order valence-corrected chi connectivity index (χ0v) is 9.51. The standard InChI is InChI=1S/C10H14N2O5/c1-11-5-8(13)6-3-7(12(15)16)10(14)9(4-6)17-2/h3-4,8,11,13-14H,5H2,1-2H3. The smallest absolute Gasteiger partial charge is 0.315 e. The monoisotopic (exact) mass is 242 g/mol. The van der Waals surface area contributed by atoms with Crippen LogP contribution < -0.4 is 10.1 Å². The van der Waals surface area contributed by atoms with Gasteiger partial charge in [0.2, 0.25) is 5.75 Å². The molecule has 0 aromatic heterocycles. The van der Waals surface area contributed by atoms with E-state index in [1.165, 1.54) is 13.2 Å². The van der Waals surface area contributed by atoms with Crippen LogP contribution in [0.15, 0.2) is 12.1 Å². The van der Waals surface area contributed by atoms with E-state index in [4.69, 9.17) is 4.74 Å². The number of rotatable bonds is 5. The number of nitro benzene ring substituents is 1. The van der Waals surface area contributed by atoms with Crippen LogP contribution in [0.3, 0.4) is 0 Å². The number of aliphatic hydroxyl groups is 1. The van der Waals surface area contributed by atoms with E-state index in [2.05, 4.69) is 5.32 Å². The van der Waals surface area contributed by atoms with Gasteiger partial charge in [-0.3, -0.25) is 10.1 Å². The molecule has 94 valence electrons. The summed E-state index contributed by atoms with van der Waals surface area (Å²) in [4.78, 5) is 9.99. The summed E-state index contributed by atoms with van der Waals surface area (Å²) in [6.45, 7) is 0.241. The van der Waals surface area contributed by atoms with Gasteiger partial charge in [0.1, 0.15) is 0 Å². The average molecular weight is 242 g/mol. The van der Waals surface area contributed by atoms with Gasteiger partial charge in [-0.15, -0.1) is 0 Å². The van der Waals surface area contributed by atoms with E-state index in [1.54, 1.807) is 7.05 Å². The second-order valence-electron chi connectivity index (χ2n) is 3.42. The molecule has 0 saturated carbocycles. The van der Waals surface area contributed by atoms with Crippen LogP contribution in [0.1, 0.15) is 11.7 Å². The molecular formula is C10H14N2O5. The Kier molecular flexibility index (Phi) is 4.24. The van der Waals surface area contributed by atoms with Gasteiger partial charge in [0.15, 0.2) is 5.75 Å². The van der Waals surface area contributed by atoms with Crippen LogP contribution in [0.4, 0.5) is 5.69 Å². The fourth-order valence-corrected chi connectivity index (χ4v) is 1.41. The minimum atomic E-state index is -0.909. The van der Waals surface area contributed by atoms with Crippen molar-refractivity contribution >= 4 is 5.69 Å². The summed E-state index contributed by atoms with van der Waals surface area (Å²) in [5, 5.41) is 32.7. The minimum absolute atomic E-state index is 0.0376. The first-order valence-electron chi connectivity index (χ1n) is 4.89. The van der Waals surface area contributed by atoms with Crippen molar-refractivity contribution in [3.63, 3.8) is 0 Å². The van der Waals surface area contributed by atoms with Crippen LogP contribution in [0.25, 0.3) is 0 Å². The highest BCUT2D eigenvalue weighted by Gasteiger charge is 2.22. The van der Waals surface area contributed by atoms with Crippen molar-refractivity contribution in [1.82, 2.24) is 5.32 Å². The minimum Gasteiger partial charge on any atom is -0.500 e. The van der Waals surface area contributed by atoms with Crippen molar-refractivity contribution in [2.75, 3.05) is 20.7 Å². The molecule has 0 spiro atoms. The molecule has 1 unspecified atom stereocenters. The van der Waals surface area contributed by atoms with E-state index < -0.39 is 22.5 Å². The largest absolute Gasteiger partial charge is 0.500 e. The highest BCUT2D eigenvalue weighted by Crippen LogP contribution is 2.38. The Balaban J connectivity index is 3.24. The maximum absolute atomic E-state index is 10.7. The van der Waals surface area contributed by atoms with E-state index in [0.29, 0.717) is 5.56 Å². The maximum atomic E-state index is 10.7. The molecule has 17 heavy (non-hydrogen) atoms. The lowest BCUT2D eigenvalue weighted by atomic mass is 10.1. The molecule has 1 atom stereocenters. The maximum Gasteiger partial charge on any atom is 0.315 e. The van der Waals surface area contributed by atoms with E-state index in [1.807, 2.05) is 0 Å². The van der Waals surface area contributed by atoms with Crippen LogP contribution in [0.2, 0.25) is 0 Å². The first-order chi connectivity index (χ1) is 8.01. The predicted molar refractivity (Wildman–Crippen MR) is 60.2 cm³/mol. The Hall–Kier alpha value is -1.86. The fraction of sp³-hybridized carbons (Fsp3) is 0.400. The number of nitrogens with one attached hydrogen (secondary N) is 1. The van der Waals surface area contributed by atoms with Crippen molar-refractivity contribution in [2.45, 2.75) is 6.10 Å². The van der Waals surface area contributed by atoms with E-state index in [0.717, 1.165) is 6.07 Å². The molecule has 1 aromatic rings. The third-order valence-corrected chi connectivity index (χ3v) is 2.28. The summed E-state index contributed by atoms with van der Waals surface area (Å²) in [6.07, 6.45) is -0.909. The summed E-state index contributed by atoms with van der Waals surface area (Å²) in [6, 6.07) is 2.49. The predicted octanol–water partition coefficient (Wildman–Crippen LogP) is 0.562. The Morgan fingerprint density at radius 3 is 2.71 bits per heavy atom. The quantitative estimate of drug-likeness (QED) is 0.514. The van der Waals surface area contributed by atoms with Crippen molar-refractivity contribution in [3.8, 4) is 11.5 Å². The number of phenols is 1. The second kappa shape index (κ2) is 5.46. The average Bonchev–Trinajstić information content (AvgIpc) is 2.29. The molecule has 7 nitrogen and oxygen atoms in total. The van der Waals surface area contributed by atoms with Crippen LogP contribution in [0, 0.1) is 10.1 Å². The Morgan fingerprint density at radius 1 is 1.59 bits per heavy atom. The normalized spacial score (nSPS) is 12.2. The summed E-state index contributed by atoms with van der Waals surface area (Å²) < 4.78 is 4.82. The third kappa shape index (κ3) is 2.83. The van der Waals surface area contributed by atoms with Crippen molar-refractivity contribution < 1.29 is 19.9 Å². The molecule has 3 N–H and O–H groups in total. The Bertz CT molecular complexity index is 421. The highest BCUT2D eigenvalue weighted by atomic mass is 16.6. The molecule has 0 aliphatic carbocycles. The zero-order valence-electron chi connectivity index (χ0n) is 9.51. The Morgan fingerprint density at radius 2 is 2.24 bits per heavy atom. The molecule has 0 aliphatic rings. The molecule has 0 heterocycles. The number of hydrogen-bond acceptors (Lipinski definition) is 6. The van der Waals surface area contributed by atoms with E-state index in [-0.39, 0.29) is 12.3 Å². The van der Waals surface area contributed by atoms with Gasteiger partial charge in [0.25, 0.3) is 0 Å². The van der Waals surface area contributed by atoms with Gasteiger partial charge in [-0.25, -0.2) is 0 Å². The second-order valence-corrected chi connectivity index (χ2v) is 3.42. The van der Waals surface area contributed by atoms with Crippen molar-refractivity contribution in [2.24, 2.45) is 0 Å². The number of methoxy groups -OCH3 is 1. The first kappa shape index (κ1) is 13.2. The summed E-state index contributed by atoms with van der Waals surface area (Å²) in [7, 11) is 2.93. The number of aliphatic hydroxyl groups excluding tert-OH is 1. The van der Waals surface area contributed by atoms with Gasteiger partial charge in [-0.1, -0.05) is 0 Å². The number of nitro groups is 1. The first-order valence-corrected chi connectivity index (χ1v) is 4.89. The number of benzene rings is 1. The SMILES string of the molecule is CNCC(O)c1cc(OC)c(O)c([N+](=O)[O-])c1. The number of ether oxygens (including phenoxy) is 1. The number of hydrogen-bond donors (Lipinski definition) is 3. The van der Waals surface area contributed by atoms with Gasteiger partial charge in [-0.2, -0.15) is 0 Å². The molecule has 0 radical (unpaired) electrons. The number of phenolic OH excluding ortho intramolecular Hbond substituents is 1. The van der Waals surface area contributed by atoms with Gasteiger partial charge >= 0.3 is 5.69 Å². The molecule has 0 fully saturated rings. The number of nitrogens with zero attached hydrogens (tertiary/aromatic N) is 1. The molecular weight excluding hydrogens is 228 g/mol. The molecule has 0 bridgehead atoms.